The molecule has 0 radical (unpaired) electrons. The zero-order valence-corrected chi connectivity index (χ0v) is 19.7. The number of hydrogen-bond donors (Lipinski definition) is 0. The zero-order valence-electron chi connectivity index (χ0n) is 19.7. The van der Waals surface area contributed by atoms with E-state index in [9.17, 15) is 9.59 Å². The molecule has 0 spiro atoms. The lowest BCUT2D eigenvalue weighted by Gasteiger charge is -2.22. The van der Waals surface area contributed by atoms with E-state index in [2.05, 4.69) is 19.9 Å². The van der Waals surface area contributed by atoms with Crippen molar-refractivity contribution in [1.29, 1.82) is 0 Å². The Hall–Kier alpha value is -3.86. The molecule has 0 atom stereocenters. The number of hydrogen-bond acceptors (Lipinski definition) is 4. The van der Waals surface area contributed by atoms with Crippen molar-refractivity contribution >= 4 is 28.8 Å². The van der Waals surface area contributed by atoms with Crippen molar-refractivity contribution in [3.05, 3.63) is 95.2 Å². The Balaban J connectivity index is 1.55. The van der Waals surface area contributed by atoms with Crippen LogP contribution in [0.1, 0.15) is 30.5 Å². The molecule has 0 N–H and O–H groups in total. The number of para-hydroxylation sites is 1. The molecule has 3 aromatic rings. The van der Waals surface area contributed by atoms with E-state index in [1.807, 2.05) is 66.4 Å². The number of nitrogens with zero attached hydrogens (tertiary/aromatic N) is 2. The third-order valence-electron chi connectivity index (χ3n) is 6.23. The number of anilines is 2. The monoisotopic (exact) mass is 452 g/mol. The van der Waals surface area contributed by atoms with Crippen LogP contribution in [-0.2, 0) is 16.0 Å². The summed E-state index contributed by atoms with van der Waals surface area (Å²) in [6.07, 6.45) is 0.838. The molecular formula is C29H28N2O3. The van der Waals surface area contributed by atoms with Crippen molar-refractivity contribution in [2.45, 2.75) is 27.2 Å². The summed E-state index contributed by atoms with van der Waals surface area (Å²) in [6, 6.07) is 23.0. The first kappa shape index (κ1) is 22.0. The summed E-state index contributed by atoms with van der Waals surface area (Å²) in [6.45, 7) is 7.46. The van der Waals surface area contributed by atoms with Crippen LogP contribution in [0.15, 0.2) is 78.5 Å². The Bertz CT molecular complexity index is 1270. The molecule has 0 aliphatic carbocycles. The number of carbonyl (C=O) groups is 2. The van der Waals surface area contributed by atoms with Crippen molar-refractivity contribution in [2.75, 3.05) is 23.0 Å². The second-order valence-electron chi connectivity index (χ2n) is 9.26. The third kappa shape index (κ3) is 3.87. The molecule has 3 aromatic carbocycles. The predicted molar refractivity (Wildman–Crippen MR) is 135 cm³/mol. The standard InChI is InChI=1S/C29H28N2O3/c1-19(2)18-34-24-14-12-23(13-15-24)31-28(32)26(22-10-8-20(3)9-11-22)27(29(31)33)30-17-16-21-6-4-5-7-25(21)30/h4-15,19H,16-18H2,1-3H3. The second kappa shape index (κ2) is 8.82. The Morgan fingerprint density at radius 2 is 1.59 bits per heavy atom. The van der Waals surface area contributed by atoms with Crippen LogP contribution in [-0.4, -0.2) is 25.0 Å². The summed E-state index contributed by atoms with van der Waals surface area (Å²) in [5, 5.41) is 0. The van der Waals surface area contributed by atoms with Crippen LogP contribution in [0.4, 0.5) is 11.4 Å². The highest BCUT2D eigenvalue weighted by atomic mass is 16.5. The van der Waals surface area contributed by atoms with Gasteiger partial charge in [-0.2, -0.15) is 0 Å². The van der Waals surface area contributed by atoms with Gasteiger partial charge in [0.05, 0.1) is 17.9 Å². The van der Waals surface area contributed by atoms with Crippen LogP contribution in [0.2, 0.25) is 0 Å². The minimum absolute atomic E-state index is 0.298. The molecule has 34 heavy (non-hydrogen) atoms. The number of fused-ring (bicyclic) bond motifs is 1. The van der Waals surface area contributed by atoms with Crippen LogP contribution in [0.25, 0.3) is 5.57 Å². The number of ether oxygens (including phenoxy) is 1. The van der Waals surface area contributed by atoms with E-state index in [-0.39, 0.29) is 11.8 Å². The maximum absolute atomic E-state index is 13.8. The van der Waals surface area contributed by atoms with Gasteiger partial charge in [0, 0.05) is 12.2 Å². The minimum atomic E-state index is -0.302. The zero-order chi connectivity index (χ0) is 23.8. The van der Waals surface area contributed by atoms with Crippen LogP contribution < -0.4 is 14.5 Å². The van der Waals surface area contributed by atoms with Crippen LogP contribution in [0.3, 0.4) is 0 Å². The number of carbonyl (C=O) groups excluding carboxylic acids is 2. The molecule has 0 fully saturated rings. The predicted octanol–water partition coefficient (Wildman–Crippen LogP) is 5.38. The van der Waals surface area contributed by atoms with Gasteiger partial charge in [-0.3, -0.25) is 9.59 Å². The molecule has 0 saturated heterocycles. The fourth-order valence-electron chi connectivity index (χ4n) is 4.51. The van der Waals surface area contributed by atoms with Gasteiger partial charge >= 0.3 is 0 Å². The molecule has 0 saturated carbocycles. The molecular weight excluding hydrogens is 424 g/mol. The average Bonchev–Trinajstić information content (AvgIpc) is 3.36. The highest BCUT2D eigenvalue weighted by Gasteiger charge is 2.44. The maximum atomic E-state index is 13.8. The second-order valence-corrected chi connectivity index (χ2v) is 9.26. The number of benzene rings is 3. The molecule has 0 unspecified atom stereocenters. The molecule has 2 aliphatic rings. The van der Waals surface area contributed by atoms with Crippen molar-refractivity contribution < 1.29 is 14.3 Å². The lowest BCUT2D eigenvalue weighted by Crippen LogP contribution is -2.34. The van der Waals surface area contributed by atoms with Gasteiger partial charge in [-0.15, -0.1) is 0 Å². The molecule has 2 aliphatic heterocycles. The van der Waals surface area contributed by atoms with Gasteiger partial charge in [0.15, 0.2) is 0 Å². The first-order chi connectivity index (χ1) is 16.4. The van der Waals surface area contributed by atoms with Gasteiger partial charge in [-0.05, 0) is 60.7 Å². The highest BCUT2D eigenvalue weighted by molar-refractivity contribution is 6.46. The molecule has 0 aromatic heterocycles. The first-order valence-electron chi connectivity index (χ1n) is 11.7. The van der Waals surface area contributed by atoms with Crippen LogP contribution >= 0.6 is 0 Å². The van der Waals surface area contributed by atoms with Crippen molar-refractivity contribution in [1.82, 2.24) is 0 Å². The summed E-state index contributed by atoms with van der Waals surface area (Å²) < 4.78 is 5.77. The van der Waals surface area contributed by atoms with Crippen molar-refractivity contribution in [3.63, 3.8) is 0 Å². The van der Waals surface area contributed by atoms with E-state index in [4.69, 9.17) is 4.74 Å². The highest BCUT2D eigenvalue weighted by Crippen LogP contribution is 2.40. The van der Waals surface area contributed by atoms with Gasteiger partial charge in [0.2, 0.25) is 0 Å². The molecule has 5 rings (SSSR count). The Labute approximate surface area is 200 Å². The van der Waals surface area contributed by atoms with E-state index < -0.39 is 0 Å². The molecule has 2 heterocycles. The van der Waals surface area contributed by atoms with E-state index in [1.54, 1.807) is 12.1 Å². The lowest BCUT2D eigenvalue weighted by atomic mass is 10.0. The summed E-state index contributed by atoms with van der Waals surface area (Å²) in [7, 11) is 0. The van der Waals surface area contributed by atoms with Gasteiger partial charge < -0.3 is 9.64 Å². The Morgan fingerprint density at radius 1 is 0.882 bits per heavy atom. The topological polar surface area (TPSA) is 49.9 Å². The molecule has 5 heteroatoms. The fourth-order valence-corrected chi connectivity index (χ4v) is 4.51. The SMILES string of the molecule is Cc1ccc(C2=C(N3CCc4ccccc43)C(=O)N(c3ccc(OCC(C)C)cc3)C2=O)cc1. The largest absolute Gasteiger partial charge is 0.493 e. The van der Waals surface area contributed by atoms with E-state index in [0.717, 1.165) is 29.0 Å². The van der Waals surface area contributed by atoms with Gasteiger partial charge in [0.1, 0.15) is 11.4 Å². The lowest BCUT2D eigenvalue weighted by molar-refractivity contribution is -0.120. The Morgan fingerprint density at radius 3 is 2.29 bits per heavy atom. The summed E-state index contributed by atoms with van der Waals surface area (Å²) in [5.41, 5.74) is 5.46. The number of imide groups is 1. The number of aryl methyl sites for hydroxylation is 1. The number of amides is 2. The van der Waals surface area contributed by atoms with Crippen LogP contribution in [0.5, 0.6) is 5.75 Å². The quantitative estimate of drug-likeness (QED) is 0.472. The molecule has 172 valence electrons. The number of rotatable bonds is 6. The van der Waals surface area contributed by atoms with Gasteiger partial charge in [-0.1, -0.05) is 61.9 Å². The molecule has 5 nitrogen and oxygen atoms in total. The summed E-state index contributed by atoms with van der Waals surface area (Å²) >= 11 is 0. The fraction of sp³-hybridized carbons (Fsp3) is 0.241. The van der Waals surface area contributed by atoms with Crippen molar-refractivity contribution in [3.8, 4) is 5.75 Å². The summed E-state index contributed by atoms with van der Waals surface area (Å²) in [5.74, 6) is 0.530. The smallest absolute Gasteiger partial charge is 0.282 e. The minimum Gasteiger partial charge on any atom is -0.493 e. The Kier molecular flexibility index (Phi) is 5.70. The van der Waals surface area contributed by atoms with Crippen molar-refractivity contribution in [2.24, 2.45) is 5.92 Å². The summed E-state index contributed by atoms with van der Waals surface area (Å²) in [4.78, 5) is 30.9. The van der Waals surface area contributed by atoms with Crippen LogP contribution in [0, 0.1) is 12.8 Å². The maximum Gasteiger partial charge on any atom is 0.282 e. The van der Waals surface area contributed by atoms with Gasteiger partial charge in [-0.25, -0.2) is 4.90 Å². The normalized spacial score (nSPS) is 15.5. The third-order valence-corrected chi connectivity index (χ3v) is 6.23. The van der Waals surface area contributed by atoms with E-state index in [1.165, 1.54) is 10.5 Å². The van der Waals surface area contributed by atoms with E-state index in [0.29, 0.717) is 36.0 Å². The average molecular weight is 453 g/mol. The van der Waals surface area contributed by atoms with Gasteiger partial charge in [0.25, 0.3) is 11.8 Å². The molecule has 0 bridgehead atoms. The molecule has 2 amide bonds. The first-order valence-corrected chi connectivity index (χ1v) is 11.7. The van der Waals surface area contributed by atoms with E-state index >= 15 is 0 Å².